The topological polar surface area (TPSA) is 18.5 Å². The molecule has 1 fully saturated rings. The number of rotatable bonds is 1. The molecule has 0 amide bonds. The molecule has 0 aromatic heterocycles. The summed E-state index contributed by atoms with van der Waals surface area (Å²) < 4.78 is 10.9. The van der Waals surface area contributed by atoms with E-state index in [0.717, 1.165) is 18.4 Å². The second kappa shape index (κ2) is 3.20. The van der Waals surface area contributed by atoms with Crippen molar-refractivity contribution in [1.82, 2.24) is 0 Å². The Morgan fingerprint density at radius 3 is 2.70 bits per heavy atom. The monoisotopic (exact) mass is 208 g/mol. The molecule has 0 radical (unpaired) electrons. The van der Waals surface area contributed by atoms with Gasteiger partial charge in [-0.25, -0.2) is 0 Å². The highest BCUT2D eigenvalue weighted by Crippen LogP contribution is 2.22. The first kappa shape index (κ1) is 8.50. The Morgan fingerprint density at radius 1 is 1.60 bits per heavy atom. The lowest BCUT2D eigenvalue weighted by atomic mass is 10.2. The minimum Gasteiger partial charge on any atom is -0.350 e. The molecule has 1 atom stereocenters. The molecule has 1 aliphatic heterocycles. The van der Waals surface area contributed by atoms with Gasteiger partial charge in [-0.15, -0.1) is 0 Å². The Bertz CT molecular complexity index is 114. The van der Waals surface area contributed by atoms with Crippen LogP contribution in [0.25, 0.3) is 0 Å². The van der Waals surface area contributed by atoms with E-state index in [9.17, 15) is 0 Å². The molecule has 0 bridgehead atoms. The van der Waals surface area contributed by atoms with Gasteiger partial charge in [0.15, 0.2) is 5.79 Å². The van der Waals surface area contributed by atoms with Gasteiger partial charge >= 0.3 is 0 Å². The van der Waals surface area contributed by atoms with Gasteiger partial charge in [-0.05, 0) is 20.3 Å². The van der Waals surface area contributed by atoms with Crippen LogP contribution in [0.4, 0.5) is 0 Å². The van der Waals surface area contributed by atoms with E-state index in [1.54, 1.807) is 0 Å². The van der Waals surface area contributed by atoms with Gasteiger partial charge in [0.2, 0.25) is 0 Å². The predicted octanol–water partition coefficient (Wildman–Crippen LogP) is 1.92. The van der Waals surface area contributed by atoms with Gasteiger partial charge in [-0.3, -0.25) is 0 Å². The molecule has 1 aliphatic rings. The van der Waals surface area contributed by atoms with Crippen molar-refractivity contribution in [1.29, 1.82) is 0 Å². The Kier molecular flexibility index (Phi) is 2.72. The maximum Gasteiger partial charge on any atom is 0.163 e. The van der Waals surface area contributed by atoms with E-state index in [2.05, 4.69) is 15.9 Å². The number of ether oxygens (including phenoxy) is 2. The zero-order chi connectivity index (χ0) is 7.61. The summed E-state index contributed by atoms with van der Waals surface area (Å²) in [4.78, 5) is 0. The van der Waals surface area contributed by atoms with Gasteiger partial charge in [0.1, 0.15) is 0 Å². The van der Waals surface area contributed by atoms with E-state index in [1.807, 2.05) is 13.8 Å². The smallest absolute Gasteiger partial charge is 0.163 e. The fourth-order valence-corrected chi connectivity index (χ4v) is 1.50. The third kappa shape index (κ3) is 2.22. The van der Waals surface area contributed by atoms with Gasteiger partial charge in [-0.1, -0.05) is 15.9 Å². The van der Waals surface area contributed by atoms with Crippen LogP contribution in [0.2, 0.25) is 0 Å². The standard InChI is InChI=1S/C7H13BrO2/c1-7(2)9-4-3-6(5-8)10-7/h6H,3-5H2,1-2H3/t6-/m0/s1. The molecular weight excluding hydrogens is 196 g/mol. The minimum absolute atomic E-state index is 0.323. The third-order valence-corrected chi connectivity index (χ3v) is 2.23. The maximum absolute atomic E-state index is 5.55. The molecule has 1 saturated heterocycles. The lowest BCUT2D eigenvalue weighted by Crippen LogP contribution is -2.40. The molecular formula is C7H13BrO2. The van der Waals surface area contributed by atoms with Crippen LogP contribution in [0.15, 0.2) is 0 Å². The van der Waals surface area contributed by atoms with Crippen molar-refractivity contribution < 1.29 is 9.47 Å². The van der Waals surface area contributed by atoms with Crippen molar-refractivity contribution >= 4 is 15.9 Å². The maximum atomic E-state index is 5.55. The molecule has 0 aromatic carbocycles. The van der Waals surface area contributed by atoms with Crippen LogP contribution in [-0.4, -0.2) is 23.8 Å². The van der Waals surface area contributed by atoms with Crippen LogP contribution >= 0.6 is 15.9 Å². The molecule has 0 aliphatic carbocycles. The summed E-state index contributed by atoms with van der Waals surface area (Å²) in [7, 11) is 0. The zero-order valence-electron chi connectivity index (χ0n) is 6.39. The van der Waals surface area contributed by atoms with E-state index < -0.39 is 0 Å². The summed E-state index contributed by atoms with van der Waals surface area (Å²) >= 11 is 3.38. The first-order chi connectivity index (χ1) is 4.64. The van der Waals surface area contributed by atoms with Crippen LogP contribution in [0.5, 0.6) is 0 Å². The molecule has 0 spiro atoms. The molecule has 0 unspecified atom stereocenters. The van der Waals surface area contributed by atoms with Gasteiger partial charge in [-0.2, -0.15) is 0 Å². The van der Waals surface area contributed by atoms with Gasteiger partial charge < -0.3 is 9.47 Å². The van der Waals surface area contributed by atoms with Crippen LogP contribution in [0.1, 0.15) is 20.3 Å². The summed E-state index contributed by atoms with van der Waals surface area (Å²) in [5, 5.41) is 0.903. The highest BCUT2D eigenvalue weighted by atomic mass is 79.9. The lowest BCUT2D eigenvalue weighted by molar-refractivity contribution is -0.267. The minimum atomic E-state index is -0.378. The van der Waals surface area contributed by atoms with Crippen LogP contribution < -0.4 is 0 Å². The highest BCUT2D eigenvalue weighted by Gasteiger charge is 2.28. The Labute approximate surface area is 70.0 Å². The quantitative estimate of drug-likeness (QED) is 0.614. The van der Waals surface area contributed by atoms with Crippen LogP contribution in [-0.2, 0) is 9.47 Å². The van der Waals surface area contributed by atoms with Crippen molar-refractivity contribution in [2.45, 2.75) is 32.2 Å². The molecule has 3 heteroatoms. The molecule has 1 rings (SSSR count). The van der Waals surface area contributed by atoms with Gasteiger partial charge in [0.05, 0.1) is 12.7 Å². The summed E-state index contributed by atoms with van der Waals surface area (Å²) in [6.45, 7) is 4.70. The number of halogens is 1. The second-order valence-corrected chi connectivity index (χ2v) is 3.58. The fourth-order valence-electron chi connectivity index (χ4n) is 1.04. The number of hydrogen-bond acceptors (Lipinski definition) is 2. The van der Waals surface area contributed by atoms with Crippen LogP contribution in [0, 0.1) is 0 Å². The van der Waals surface area contributed by atoms with E-state index in [-0.39, 0.29) is 5.79 Å². The Balaban J connectivity index is 2.40. The molecule has 2 nitrogen and oxygen atoms in total. The Morgan fingerprint density at radius 2 is 2.30 bits per heavy atom. The normalized spacial score (nSPS) is 32.1. The molecule has 0 saturated carbocycles. The first-order valence-electron chi connectivity index (χ1n) is 3.52. The molecule has 0 N–H and O–H groups in total. The highest BCUT2D eigenvalue weighted by molar-refractivity contribution is 9.09. The zero-order valence-corrected chi connectivity index (χ0v) is 7.98. The lowest BCUT2D eigenvalue weighted by Gasteiger charge is -2.35. The summed E-state index contributed by atoms with van der Waals surface area (Å²) in [6.07, 6.45) is 1.32. The largest absolute Gasteiger partial charge is 0.350 e. The van der Waals surface area contributed by atoms with Crippen molar-refractivity contribution in [3.8, 4) is 0 Å². The average molecular weight is 209 g/mol. The van der Waals surface area contributed by atoms with E-state index >= 15 is 0 Å². The summed E-state index contributed by atoms with van der Waals surface area (Å²) in [5.41, 5.74) is 0. The number of hydrogen-bond donors (Lipinski definition) is 0. The van der Waals surface area contributed by atoms with E-state index in [1.165, 1.54) is 0 Å². The van der Waals surface area contributed by atoms with Crippen molar-refractivity contribution in [3.63, 3.8) is 0 Å². The second-order valence-electron chi connectivity index (χ2n) is 2.93. The molecule has 10 heavy (non-hydrogen) atoms. The number of alkyl halides is 1. The first-order valence-corrected chi connectivity index (χ1v) is 4.64. The summed E-state index contributed by atoms with van der Waals surface area (Å²) in [6, 6.07) is 0. The van der Waals surface area contributed by atoms with Crippen molar-refractivity contribution in [3.05, 3.63) is 0 Å². The van der Waals surface area contributed by atoms with Crippen molar-refractivity contribution in [2.24, 2.45) is 0 Å². The third-order valence-electron chi connectivity index (χ3n) is 1.51. The Hall–Kier alpha value is 0.400. The molecule has 0 aromatic rings. The van der Waals surface area contributed by atoms with Gasteiger partial charge in [0, 0.05) is 5.33 Å². The van der Waals surface area contributed by atoms with Crippen LogP contribution in [0.3, 0.4) is 0 Å². The summed E-state index contributed by atoms with van der Waals surface area (Å²) in [5.74, 6) is -0.378. The average Bonchev–Trinajstić information content (AvgIpc) is 1.86. The van der Waals surface area contributed by atoms with Crippen molar-refractivity contribution in [2.75, 3.05) is 11.9 Å². The fraction of sp³-hybridized carbons (Fsp3) is 1.00. The van der Waals surface area contributed by atoms with E-state index in [0.29, 0.717) is 6.10 Å². The van der Waals surface area contributed by atoms with E-state index in [4.69, 9.17) is 9.47 Å². The SMILES string of the molecule is CC1(C)OCC[C@@H](CBr)O1. The molecule has 60 valence electrons. The molecule has 1 heterocycles. The predicted molar refractivity (Wildman–Crippen MR) is 43.3 cm³/mol. The van der Waals surface area contributed by atoms with Gasteiger partial charge in [0.25, 0.3) is 0 Å².